The second-order valence-corrected chi connectivity index (χ2v) is 4.42. The summed E-state index contributed by atoms with van der Waals surface area (Å²) in [5.74, 6) is 1.05. The highest BCUT2D eigenvalue weighted by Gasteiger charge is 2.01. The van der Waals surface area contributed by atoms with Crippen molar-refractivity contribution in [2.24, 2.45) is 0 Å². The van der Waals surface area contributed by atoms with Gasteiger partial charge in [-0.2, -0.15) is 0 Å². The fourth-order valence-electron chi connectivity index (χ4n) is 1.42. The van der Waals surface area contributed by atoms with E-state index in [1.807, 2.05) is 6.20 Å². The molecule has 0 amide bonds. The predicted molar refractivity (Wildman–Crippen MR) is 63.1 cm³/mol. The van der Waals surface area contributed by atoms with Crippen LogP contribution in [-0.2, 0) is 13.0 Å². The van der Waals surface area contributed by atoms with Crippen molar-refractivity contribution in [1.82, 2.24) is 15.3 Å². The second kappa shape index (κ2) is 5.09. The number of imidazole rings is 1. The van der Waals surface area contributed by atoms with Crippen LogP contribution in [0.25, 0.3) is 0 Å². The molecular weight excluding hydrogens is 206 g/mol. The zero-order valence-corrected chi connectivity index (χ0v) is 9.60. The van der Waals surface area contributed by atoms with Crippen molar-refractivity contribution in [2.75, 3.05) is 6.54 Å². The molecular formula is C11H15N3S. The molecule has 0 saturated carbocycles. The number of hydrogen-bond acceptors (Lipinski definition) is 3. The lowest BCUT2D eigenvalue weighted by Gasteiger charge is -1.96. The van der Waals surface area contributed by atoms with Gasteiger partial charge < -0.3 is 10.3 Å². The van der Waals surface area contributed by atoms with Crippen LogP contribution in [0, 0.1) is 0 Å². The molecule has 0 fully saturated rings. The molecule has 2 rings (SSSR count). The zero-order valence-electron chi connectivity index (χ0n) is 8.79. The van der Waals surface area contributed by atoms with E-state index in [-0.39, 0.29) is 0 Å². The van der Waals surface area contributed by atoms with Crippen LogP contribution in [0.15, 0.2) is 23.7 Å². The number of nitrogens with one attached hydrogen (secondary N) is 2. The Morgan fingerprint density at radius 1 is 1.53 bits per heavy atom. The summed E-state index contributed by atoms with van der Waals surface area (Å²) < 4.78 is 0. The summed E-state index contributed by atoms with van der Waals surface area (Å²) in [6.07, 6.45) is 2.81. The molecule has 0 aliphatic carbocycles. The molecule has 80 valence electrons. The van der Waals surface area contributed by atoms with E-state index in [0.29, 0.717) is 0 Å². The molecule has 0 aliphatic rings. The third kappa shape index (κ3) is 2.91. The number of hydrogen-bond donors (Lipinski definition) is 2. The third-order valence-electron chi connectivity index (χ3n) is 2.17. The van der Waals surface area contributed by atoms with Crippen molar-refractivity contribution in [3.63, 3.8) is 0 Å². The Hall–Kier alpha value is -1.13. The molecule has 0 saturated heterocycles. The van der Waals surface area contributed by atoms with E-state index >= 15 is 0 Å². The van der Waals surface area contributed by atoms with Gasteiger partial charge in [-0.1, -0.05) is 13.0 Å². The molecule has 0 bridgehead atoms. The molecule has 2 aromatic heterocycles. The Balaban J connectivity index is 1.95. The molecule has 0 aromatic carbocycles. The highest BCUT2D eigenvalue weighted by Crippen LogP contribution is 2.12. The van der Waals surface area contributed by atoms with E-state index in [0.717, 1.165) is 31.0 Å². The predicted octanol–water partition coefficient (Wildman–Crippen LogP) is 2.17. The lowest BCUT2D eigenvalue weighted by Crippen LogP contribution is -2.11. The van der Waals surface area contributed by atoms with E-state index in [2.05, 4.69) is 39.7 Å². The smallest absolute Gasteiger partial charge is 0.111 e. The van der Waals surface area contributed by atoms with Gasteiger partial charge in [-0.3, -0.25) is 0 Å². The summed E-state index contributed by atoms with van der Waals surface area (Å²) >= 11 is 1.77. The maximum absolute atomic E-state index is 4.36. The average molecular weight is 221 g/mol. The first kappa shape index (κ1) is 10.4. The number of aromatic nitrogens is 2. The van der Waals surface area contributed by atoms with Crippen LogP contribution in [-0.4, -0.2) is 16.5 Å². The van der Waals surface area contributed by atoms with Crippen LogP contribution in [0.5, 0.6) is 0 Å². The van der Waals surface area contributed by atoms with E-state index < -0.39 is 0 Å². The molecule has 15 heavy (non-hydrogen) atoms. The Morgan fingerprint density at radius 3 is 3.20 bits per heavy atom. The highest BCUT2D eigenvalue weighted by atomic mass is 32.1. The van der Waals surface area contributed by atoms with Gasteiger partial charge in [0.1, 0.15) is 5.82 Å². The zero-order chi connectivity index (χ0) is 10.5. The molecule has 0 atom stereocenters. The first-order valence-corrected chi connectivity index (χ1v) is 6.02. The highest BCUT2D eigenvalue weighted by molar-refractivity contribution is 7.09. The largest absolute Gasteiger partial charge is 0.345 e. The second-order valence-electron chi connectivity index (χ2n) is 3.39. The van der Waals surface area contributed by atoms with Crippen LogP contribution in [0.1, 0.15) is 23.3 Å². The average Bonchev–Trinajstić information content (AvgIpc) is 2.87. The van der Waals surface area contributed by atoms with Crippen molar-refractivity contribution in [2.45, 2.75) is 19.9 Å². The van der Waals surface area contributed by atoms with Gasteiger partial charge in [0.25, 0.3) is 0 Å². The minimum atomic E-state index is 0.869. The van der Waals surface area contributed by atoms with E-state index in [1.165, 1.54) is 4.88 Å². The minimum Gasteiger partial charge on any atom is -0.345 e. The van der Waals surface area contributed by atoms with Crippen LogP contribution >= 0.6 is 11.3 Å². The molecule has 3 nitrogen and oxygen atoms in total. The fourth-order valence-corrected chi connectivity index (χ4v) is 2.13. The number of rotatable bonds is 5. The molecule has 0 unspecified atom stereocenters. The summed E-state index contributed by atoms with van der Waals surface area (Å²) in [5, 5.41) is 5.36. The standard InChI is InChI=1S/C11H15N3S/c1-2-12-7-9-8-13-11(14-9)6-10-4-3-5-15-10/h3-5,8,12H,2,6-7H2,1H3,(H,13,14). The summed E-state index contributed by atoms with van der Waals surface area (Å²) in [6.45, 7) is 3.95. The Labute approximate surface area is 93.6 Å². The van der Waals surface area contributed by atoms with Gasteiger partial charge in [-0.25, -0.2) is 4.98 Å². The summed E-state index contributed by atoms with van der Waals surface area (Å²) in [6, 6.07) is 4.21. The van der Waals surface area contributed by atoms with Gasteiger partial charge in [0.15, 0.2) is 0 Å². The van der Waals surface area contributed by atoms with Crippen LogP contribution < -0.4 is 5.32 Å². The third-order valence-corrected chi connectivity index (χ3v) is 3.04. The quantitative estimate of drug-likeness (QED) is 0.812. The number of thiophene rings is 1. The fraction of sp³-hybridized carbons (Fsp3) is 0.364. The van der Waals surface area contributed by atoms with Crippen LogP contribution in [0.4, 0.5) is 0 Å². The number of H-pyrrole nitrogens is 1. The van der Waals surface area contributed by atoms with Crippen molar-refractivity contribution in [3.8, 4) is 0 Å². The van der Waals surface area contributed by atoms with Gasteiger partial charge in [-0.15, -0.1) is 11.3 Å². The Bertz CT molecular complexity index is 392. The SMILES string of the molecule is CCNCc1cnc(Cc2cccs2)[nH]1. The molecule has 2 aromatic rings. The van der Waals surface area contributed by atoms with E-state index in [1.54, 1.807) is 11.3 Å². The van der Waals surface area contributed by atoms with Gasteiger partial charge >= 0.3 is 0 Å². The topological polar surface area (TPSA) is 40.7 Å². The molecule has 0 radical (unpaired) electrons. The lowest BCUT2D eigenvalue weighted by molar-refractivity contribution is 0.712. The van der Waals surface area contributed by atoms with Crippen molar-refractivity contribution in [1.29, 1.82) is 0 Å². The first-order valence-electron chi connectivity index (χ1n) is 5.14. The van der Waals surface area contributed by atoms with Crippen molar-refractivity contribution < 1.29 is 0 Å². The Morgan fingerprint density at radius 2 is 2.47 bits per heavy atom. The lowest BCUT2D eigenvalue weighted by atomic mass is 10.3. The number of aromatic amines is 1. The minimum absolute atomic E-state index is 0.869. The van der Waals surface area contributed by atoms with Gasteiger partial charge in [-0.05, 0) is 18.0 Å². The maximum Gasteiger partial charge on any atom is 0.111 e. The summed E-state index contributed by atoms with van der Waals surface area (Å²) in [5.41, 5.74) is 1.16. The van der Waals surface area contributed by atoms with Crippen molar-refractivity contribution >= 4 is 11.3 Å². The van der Waals surface area contributed by atoms with E-state index in [9.17, 15) is 0 Å². The van der Waals surface area contributed by atoms with Crippen LogP contribution in [0.3, 0.4) is 0 Å². The number of nitrogens with zero attached hydrogens (tertiary/aromatic N) is 1. The molecule has 2 heterocycles. The van der Waals surface area contributed by atoms with Gasteiger partial charge in [0.05, 0.1) is 0 Å². The normalized spacial score (nSPS) is 10.7. The molecule has 4 heteroatoms. The van der Waals surface area contributed by atoms with E-state index in [4.69, 9.17) is 0 Å². The first-order chi connectivity index (χ1) is 7.38. The summed E-state index contributed by atoms with van der Waals surface area (Å²) in [7, 11) is 0. The van der Waals surface area contributed by atoms with Crippen molar-refractivity contribution in [3.05, 3.63) is 40.1 Å². The van der Waals surface area contributed by atoms with Gasteiger partial charge in [0, 0.05) is 29.7 Å². The van der Waals surface area contributed by atoms with Gasteiger partial charge in [0.2, 0.25) is 0 Å². The molecule has 0 spiro atoms. The Kier molecular flexibility index (Phi) is 3.53. The maximum atomic E-state index is 4.36. The van der Waals surface area contributed by atoms with Crippen LogP contribution in [0.2, 0.25) is 0 Å². The summed E-state index contributed by atoms with van der Waals surface area (Å²) in [4.78, 5) is 9.02. The monoisotopic (exact) mass is 221 g/mol. The molecule has 0 aliphatic heterocycles. The molecule has 2 N–H and O–H groups in total.